The van der Waals surface area contributed by atoms with Crippen molar-refractivity contribution in [2.45, 2.75) is 31.9 Å². The van der Waals surface area contributed by atoms with Crippen molar-refractivity contribution < 1.29 is 9.53 Å². The molecule has 1 aliphatic heterocycles. The Hall–Kier alpha value is -0.680. The van der Waals surface area contributed by atoms with Gasteiger partial charge in [0.2, 0.25) is 0 Å². The van der Waals surface area contributed by atoms with Crippen LogP contribution in [0.3, 0.4) is 0 Å². The third kappa shape index (κ3) is 5.55. The van der Waals surface area contributed by atoms with Gasteiger partial charge in [-0.2, -0.15) is 0 Å². The van der Waals surface area contributed by atoms with Gasteiger partial charge in [-0.15, -0.1) is 12.4 Å². The van der Waals surface area contributed by atoms with Crippen molar-refractivity contribution in [2.24, 2.45) is 0 Å². The van der Waals surface area contributed by atoms with Gasteiger partial charge in [0.05, 0.1) is 10.0 Å². The largest absolute Gasteiger partial charge is 0.481 e. The molecule has 1 fully saturated rings. The van der Waals surface area contributed by atoms with Gasteiger partial charge in [0, 0.05) is 18.7 Å². The Kier molecular flexibility index (Phi) is 7.60. The lowest BCUT2D eigenvalue weighted by atomic mass is 10.2. The maximum Gasteiger partial charge on any atom is 0.260 e. The first kappa shape index (κ1) is 18.4. The molecule has 1 saturated heterocycles. The molecule has 0 saturated carbocycles. The van der Waals surface area contributed by atoms with Crippen LogP contribution in [0.4, 0.5) is 0 Å². The second-order valence-corrected chi connectivity index (χ2v) is 5.69. The lowest BCUT2D eigenvalue weighted by Gasteiger charge is -2.17. The number of carbonyl (C=O) groups is 1. The Bertz CT molecular complexity index is 479. The summed E-state index contributed by atoms with van der Waals surface area (Å²) in [4.78, 5) is 11.9. The summed E-state index contributed by atoms with van der Waals surface area (Å²) in [6.07, 6.45) is 1.69. The molecule has 0 bridgehead atoms. The summed E-state index contributed by atoms with van der Waals surface area (Å²) in [6, 6.07) is 5.31. The van der Waals surface area contributed by atoms with Gasteiger partial charge in [-0.1, -0.05) is 23.2 Å². The van der Waals surface area contributed by atoms with E-state index in [1.165, 1.54) is 0 Å². The Morgan fingerprint density at radius 2 is 2.24 bits per heavy atom. The molecule has 1 aromatic rings. The van der Waals surface area contributed by atoms with Gasteiger partial charge in [0.25, 0.3) is 5.91 Å². The Balaban J connectivity index is 0.00000220. The van der Waals surface area contributed by atoms with Crippen molar-refractivity contribution >= 4 is 41.5 Å². The molecule has 0 radical (unpaired) electrons. The molecule has 0 spiro atoms. The number of benzene rings is 1. The fraction of sp³-hybridized carbons (Fsp3) is 0.500. The molecule has 1 aliphatic rings. The first-order chi connectivity index (χ1) is 9.56. The van der Waals surface area contributed by atoms with Crippen LogP contribution in [0.5, 0.6) is 5.75 Å². The highest BCUT2D eigenvalue weighted by Crippen LogP contribution is 2.26. The predicted molar refractivity (Wildman–Crippen MR) is 87.8 cm³/mol. The van der Waals surface area contributed by atoms with Gasteiger partial charge in [0.15, 0.2) is 6.10 Å². The highest BCUT2D eigenvalue weighted by atomic mass is 35.5. The molecule has 1 amide bonds. The monoisotopic (exact) mass is 352 g/mol. The number of ether oxygens (including phenoxy) is 1. The summed E-state index contributed by atoms with van der Waals surface area (Å²) in [5.74, 6) is 0.394. The average molecular weight is 354 g/mol. The second-order valence-electron chi connectivity index (χ2n) is 4.87. The van der Waals surface area contributed by atoms with E-state index in [2.05, 4.69) is 10.6 Å². The molecule has 1 aromatic carbocycles. The number of halogens is 3. The Morgan fingerprint density at radius 3 is 2.86 bits per heavy atom. The molecular formula is C14H19Cl3N2O2. The number of carbonyl (C=O) groups excluding carboxylic acids is 1. The molecule has 0 aliphatic carbocycles. The molecule has 21 heavy (non-hydrogen) atoms. The van der Waals surface area contributed by atoms with E-state index in [0.717, 1.165) is 19.4 Å². The van der Waals surface area contributed by atoms with Crippen LogP contribution in [0.25, 0.3) is 0 Å². The quantitative estimate of drug-likeness (QED) is 0.855. The van der Waals surface area contributed by atoms with E-state index < -0.39 is 6.10 Å². The zero-order chi connectivity index (χ0) is 14.5. The summed E-state index contributed by atoms with van der Waals surface area (Å²) >= 11 is 11.7. The van der Waals surface area contributed by atoms with Gasteiger partial charge in [0.1, 0.15) is 5.75 Å². The molecule has 7 heteroatoms. The molecular weight excluding hydrogens is 335 g/mol. The Morgan fingerprint density at radius 1 is 1.48 bits per heavy atom. The molecule has 1 heterocycles. The van der Waals surface area contributed by atoms with Crippen molar-refractivity contribution in [3.63, 3.8) is 0 Å². The van der Waals surface area contributed by atoms with E-state index in [4.69, 9.17) is 27.9 Å². The van der Waals surface area contributed by atoms with Crippen molar-refractivity contribution in [1.82, 2.24) is 10.6 Å². The summed E-state index contributed by atoms with van der Waals surface area (Å²) in [5.41, 5.74) is 0. The number of nitrogens with one attached hydrogen (secondary N) is 2. The normalized spacial score (nSPS) is 18.7. The summed E-state index contributed by atoms with van der Waals surface area (Å²) < 4.78 is 5.55. The fourth-order valence-electron chi connectivity index (χ4n) is 2.11. The molecule has 2 unspecified atom stereocenters. The van der Waals surface area contributed by atoms with Crippen LogP contribution in [0.15, 0.2) is 18.2 Å². The van der Waals surface area contributed by atoms with Gasteiger partial charge >= 0.3 is 0 Å². The zero-order valence-electron chi connectivity index (χ0n) is 11.7. The predicted octanol–water partition coefficient (Wildman–Crippen LogP) is 3.05. The minimum atomic E-state index is -0.575. The summed E-state index contributed by atoms with van der Waals surface area (Å²) in [6.45, 7) is 3.36. The second kappa shape index (κ2) is 8.69. The van der Waals surface area contributed by atoms with E-state index in [1.54, 1.807) is 25.1 Å². The van der Waals surface area contributed by atoms with Crippen molar-refractivity contribution in [1.29, 1.82) is 0 Å². The first-order valence-corrected chi connectivity index (χ1v) is 7.44. The van der Waals surface area contributed by atoms with Crippen LogP contribution in [-0.4, -0.2) is 31.1 Å². The van der Waals surface area contributed by atoms with Gasteiger partial charge in [-0.25, -0.2) is 0 Å². The molecule has 0 aromatic heterocycles. The van der Waals surface area contributed by atoms with Crippen molar-refractivity contribution in [3.05, 3.63) is 28.2 Å². The topological polar surface area (TPSA) is 50.4 Å². The van der Waals surface area contributed by atoms with E-state index >= 15 is 0 Å². The number of hydrogen-bond acceptors (Lipinski definition) is 3. The maximum absolute atomic E-state index is 11.9. The van der Waals surface area contributed by atoms with E-state index in [9.17, 15) is 4.79 Å². The summed E-state index contributed by atoms with van der Waals surface area (Å²) in [5, 5.41) is 7.08. The van der Waals surface area contributed by atoms with Gasteiger partial charge in [-0.3, -0.25) is 4.79 Å². The third-order valence-corrected chi connectivity index (χ3v) is 4.00. The van der Waals surface area contributed by atoms with E-state index in [0.29, 0.717) is 28.4 Å². The minimum Gasteiger partial charge on any atom is -0.481 e. The smallest absolute Gasteiger partial charge is 0.260 e. The van der Waals surface area contributed by atoms with Crippen LogP contribution in [0.2, 0.25) is 10.0 Å². The number of amides is 1. The average Bonchev–Trinajstić information content (AvgIpc) is 2.93. The van der Waals surface area contributed by atoms with Crippen LogP contribution in [0, 0.1) is 0 Å². The minimum absolute atomic E-state index is 0. The van der Waals surface area contributed by atoms with E-state index in [-0.39, 0.29) is 18.3 Å². The lowest BCUT2D eigenvalue weighted by molar-refractivity contribution is -0.127. The van der Waals surface area contributed by atoms with Crippen LogP contribution in [-0.2, 0) is 4.79 Å². The molecule has 2 N–H and O–H groups in total. The van der Waals surface area contributed by atoms with Crippen LogP contribution in [0.1, 0.15) is 19.8 Å². The molecule has 2 rings (SSSR count). The van der Waals surface area contributed by atoms with Crippen molar-refractivity contribution in [3.8, 4) is 5.75 Å². The SMILES string of the molecule is CC(Oc1ccc(Cl)c(Cl)c1)C(=O)NCC1CCCN1.Cl. The zero-order valence-corrected chi connectivity index (χ0v) is 14.0. The molecule has 2 atom stereocenters. The number of hydrogen-bond donors (Lipinski definition) is 2. The molecule has 4 nitrogen and oxygen atoms in total. The van der Waals surface area contributed by atoms with Crippen molar-refractivity contribution in [2.75, 3.05) is 13.1 Å². The highest BCUT2D eigenvalue weighted by molar-refractivity contribution is 6.42. The highest BCUT2D eigenvalue weighted by Gasteiger charge is 2.18. The maximum atomic E-state index is 11.9. The van der Waals surface area contributed by atoms with E-state index in [1.807, 2.05) is 0 Å². The standard InChI is InChI=1S/C14H18Cl2N2O2.ClH/c1-9(14(19)18-8-10-3-2-6-17-10)20-11-4-5-12(15)13(16)7-11;/h4-5,7,9-10,17H,2-3,6,8H2,1H3,(H,18,19);1H. The van der Waals surface area contributed by atoms with Crippen LogP contribution >= 0.6 is 35.6 Å². The van der Waals surface area contributed by atoms with Gasteiger partial charge < -0.3 is 15.4 Å². The Labute approximate surface area is 140 Å². The third-order valence-electron chi connectivity index (χ3n) is 3.26. The van der Waals surface area contributed by atoms with Gasteiger partial charge in [-0.05, 0) is 38.4 Å². The first-order valence-electron chi connectivity index (χ1n) is 6.69. The molecule has 118 valence electrons. The van der Waals surface area contributed by atoms with Crippen LogP contribution < -0.4 is 15.4 Å². The summed E-state index contributed by atoms with van der Waals surface area (Å²) in [7, 11) is 0. The lowest BCUT2D eigenvalue weighted by Crippen LogP contribution is -2.42. The fourth-order valence-corrected chi connectivity index (χ4v) is 2.39. The number of rotatable bonds is 5.